The number of methoxy groups -OCH3 is 1. The summed E-state index contributed by atoms with van der Waals surface area (Å²) in [4.78, 5) is 23.6. The van der Waals surface area contributed by atoms with E-state index in [1.54, 1.807) is 12.1 Å². The highest BCUT2D eigenvalue weighted by atomic mass is 19.3. The monoisotopic (exact) mass is 684 g/mol. The first-order valence-corrected chi connectivity index (χ1v) is 13.7. The predicted octanol–water partition coefficient (Wildman–Crippen LogP) is 7.65. The van der Waals surface area contributed by atoms with Crippen molar-refractivity contribution in [2.24, 2.45) is 0 Å². The fraction of sp³-hybridized carbons (Fsp3) is 0.400. The number of ether oxygens (including phenoxy) is 6. The van der Waals surface area contributed by atoms with Gasteiger partial charge in [-0.05, 0) is 42.7 Å². The number of esters is 1. The molecule has 1 aromatic heterocycles. The average molecular weight is 685 g/mol. The van der Waals surface area contributed by atoms with Crippen LogP contribution >= 0.6 is 0 Å². The Morgan fingerprint density at radius 2 is 1.51 bits per heavy atom. The second-order valence-corrected chi connectivity index (χ2v) is 9.75. The smallest absolute Gasteiger partial charge is 0.496 e. The molecule has 0 spiro atoms. The molecule has 17 heteroatoms. The molecule has 0 atom stereocenters. The van der Waals surface area contributed by atoms with Gasteiger partial charge in [0.25, 0.3) is 0 Å². The molecule has 47 heavy (non-hydrogen) atoms. The summed E-state index contributed by atoms with van der Waals surface area (Å²) in [7, 11) is 1.44. The molecule has 0 saturated heterocycles. The molecule has 3 aromatic rings. The van der Waals surface area contributed by atoms with Gasteiger partial charge in [0.15, 0.2) is 13.2 Å². The van der Waals surface area contributed by atoms with Gasteiger partial charge >= 0.3 is 36.4 Å². The number of fused-ring (bicyclic) bond motifs is 1. The molecule has 0 aliphatic carbocycles. The summed E-state index contributed by atoms with van der Waals surface area (Å²) < 4.78 is 137. The zero-order valence-electron chi connectivity index (χ0n) is 24.8. The highest BCUT2D eigenvalue weighted by molar-refractivity contribution is 5.84. The van der Waals surface area contributed by atoms with E-state index in [2.05, 4.69) is 32.5 Å². The van der Waals surface area contributed by atoms with Crippen molar-refractivity contribution in [1.29, 1.82) is 0 Å². The van der Waals surface area contributed by atoms with Crippen molar-refractivity contribution in [3.05, 3.63) is 71.1 Å². The van der Waals surface area contributed by atoms with Gasteiger partial charge in [-0.25, -0.2) is 23.8 Å². The molecular weight excluding hydrogens is 656 g/mol. The highest BCUT2D eigenvalue weighted by Gasteiger charge is 2.57. The van der Waals surface area contributed by atoms with Gasteiger partial charge in [-0.3, -0.25) is 0 Å². The summed E-state index contributed by atoms with van der Waals surface area (Å²) in [6.07, 6.45) is -17.7. The Morgan fingerprint density at radius 3 is 2.13 bits per heavy atom. The topological polar surface area (TPSA) is 103 Å². The number of unbranched alkanes of at least 4 members (excludes halogenated alkanes) is 2. The first kappa shape index (κ1) is 37.2. The zero-order valence-corrected chi connectivity index (χ0v) is 24.8. The molecule has 0 fully saturated rings. The number of halogens is 8. The number of carbonyl (C=O) groups is 1. The van der Waals surface area contributed by atoms with Gasteiger partial charge in [0.2, 0.25) is 0 Å². The summed E-state index contributed by atoms with van der Waals surface area (Å²) in [6, 6.07) is 10.2. The maximum Gasteiger partial charge on any atom is 0.496 e. The third kappa shape index (κ3) is 11.2. The zero-order chi connectivity index (χ0) is 35.0. The Balaban J connectivity index is 1.68. The largest absolute Gasteiger partial charge is 0.496 e. The molecule has 0 N–H and O–H groups in total. The lowest BCUT2D eigenvalue weighted by Crippen LogP contribution is -2.46. The maximum absolute atomic E-state index is 14.1. The van der Waals surface area contributed by atoms with E-state index < -0.39 is 55.4 Å². The van der Waals surface area contributed by atoms with Crippen LogP contribution < -0.4 is 15.1 Å². The summed E-state index contributed by atoms with van der Waals surface area (Å²) in [5.41, 5.74) is 0.578. The van der Waals surface area contributed by atoms with Gasteiger partial charge in [-0.15, -0.1) is 17.6 Å². The number of alkyl halides is 8. The lowest BCUT2D eigenvalue weighted by atomic mass is 10.00. The summed E-state index contributed by atoms with van der Waals surface area (Å²) >= 11 is 0. The van der Waals surface area contributed by atoms with E-state index in [0.717, 1.165) is 43.4 Å². The average Bonchev–Trinajstić information content (AvgIpc) is 2.96. The Hall–Kier alpha value is -4.22. The van der Waals surface area contributed by atoms with Crippen LogP contribution in [0.15, 0.2) is 64.3 Å². The van der Waals surface area contributed by atoms with E-state index in [1.165, 1.54) is 19.2 Å². The van der Waals surface area contributed by atoms with Crippen LogP contribution in [0.5, 0.6) is 11.5 Å². The van der Waals surface area contributed by atoms with Crippen LogP contribution in [-0.4, -0.2) is 51.1 Å². The van der Waals surface area contributed by atoms with Gasteiger partial charge in [-0.2, -0.15) is 17.6 Å². The molecule has 0 radical (unpaired) electrons. The van der Waals surface area contributed by atoms with Gasteiger partial charge in [0.1, 0.15) is 17.1 Å². The van der Waals surface area contributed by atoms with Gasteiger partial charge in [-0.1, -0.05) is 38.5 Å². The van der Waals surface area contributed by atoms with E-state index in [0.29, 0.717) is 22.8 Å². The number of hydrogen-bond acceptors (Lipinski definition) is 9. The second-order valence-electron chi connectivity index (χ2n) is 9.75. The molecule has 258 valence electrons. The van der Waals surface area contributed by atoms with Crippen LogP contribution in [-0.2, 0) is 30.2 Å². The molecule has 0 unspecified atom stereocenters. The Morgan fingerprint density at radius 1 is 0.851 bits per heavy atom. The fourth-order valence-corrected chi connectivity index (χ4v) is 4.03. The van der Waals surface area contributed by atoms with Crippen molar-refractivity contribution in [2.45, 2.75) is 57.4 Å². The van der Waals surface area contributed by atoms with E-state index in [-0.39, 0.29) is 11.1 Å². The molecule has 2 aromatic carbocycles. The van der Waals surface area contributed by atoms with Crippen molar-refractivity contribution in [2.75, 3.05) is 20.3 Å². The second kappa shape index (κ2) is 15.1. The van der Waals surface area contributed by atoms with Crippen LogP contribution in [0.1, 0.15) is 31.7 Å². The van der Waals surface area contributed by atoms with Crippen LogP contribution in [0.3, 0.4) is 0 Å². The van der Waals surface area contributed by atoms with Crippen molar-refractivity contribution in [3.8, 4) is 22.6 Å². The number of aryl methyl sites for hydroxylation is 1. The summed E-state index contributed by atoms with van der Waals surface area (Å²) in [6.45, 7) is 0.722. The Bertz CT molecular complexity index is 1610. The molecule has 9 nitrogen and oxygen atoms in total. The van der Waals surface area contributed by atoms with Crippen molar-refractivity contribution in [1.82, 2.24) is 0 Å². The molecule has 0 saturated carbocycles. The minimum absolute atomic E-state index is 0.126. The van der Waals surface area contributed by atoms with Crippen LogP contribution in [0.4, 0.5) is 35.1 Å². The first-order valence-electron chi connectivity index (χ1n) is 13.7. The summed E-state index contributed by atoms with van der Waals surface area (Å²) in [5.74, 6) is -1.53. The quantitative estimate of drug-likeness (QED) is 0.0334. The molecule has 0 bridgehead atoms. The number of rotatable bonds is 18. The minimum atomic E-state index is -5.92. The van der Waals surface area contributed by atoms with E-state index in [1.807, 2.05) is 6.07 Å². The maximum atomic E-state index is 14.1. The molecule has 0 amide bonds. The van der Waals surface area contributed by atoms with Crippen LogP contribution in [0.2, 0.25) is 0 Å². The number of carbonyl (C=O) groups excluding carboxylic acids is 1. The fourth-order valence-electron chi connectivity index (χ4n) is 4.03. The van der Waals surface area contributed by atoms with Crippen LogP contribution in [0, 0.1) is 0 Å². The molecule has 1 heterocycles. The third-order valence-corrected chi connectivity index (χ3v) is 6.06. The normalized spacial score (nSPS) is 12.6. The lowest BCUT2D eigenvalue weighted by molar-refractivity contribution is -0.574. The number of benzene rings is 2. The Labute approximate surface area is 261 Å². The standard InChI is InChI=1S/C30H28F8O9/c1-4-6-7-8-18-9-12-21(24(13-18)41-3)22-14-19-10-11-20(15-23(19)44-26(22)40)42-16-27(31,32)45-29(35,36)47-30(37,38)46-28(33,34)17-43-25(39)5-2/h5,9-15H,2,4,6-8,16-17H2,1,3H3. The van der Waals surface area contributed by atoms with Gasteiger partial charge < -0.3 is 18.6 Å². The van der Waals surface area contributed by atoms with Gasteiger partial charge in [0.05, 0.1) is 12.7 Å². The van der Waals surface area contributed by atoms with E-state index in [9.17, 15) is 44.7 Å². The van der Waals surface area contributed by atoms with E-state index >= 15 is 0 Å². The van der Waals surface area contributed by atoms with Crippen molar-refractivity contribution < 1.29 is 72.8 Å². The molecular formula is C30H28F8O9. The van der Waals surface area contributed by atoms with Crippen LogP contribution in [0.25, 0.3) is 22.1 Å². The molecule has 0 aliphatic heterocycles. The summed E-state index contributed by atoms with van der Waals surface area (Å²) in [5, 5.41) is 0.308. The van der Waals surface area contributed by atoms with Crippen molar-refractivity contribution >= 4 is 16.9 Å². The number of hydrogen-bond donors (Lipinski definition) is 0. The van der Waals surface area contributed by atoms with E-state index in [4.69, 9.17) is 13.9 Å². The molecule has 3 rings (SSSR count). The lowest BCUT2D eigenvalue weighted by Gasteiger charge is -2.27. The Kier molecular flexibility index (Phi) is 12.0. The highest BCUT2D eigenvalue weighted by Crippen LogP contribution is 2.37. The first-order chi connectivity index (χ1) is 21.9. The predicted molar refractivity (Wildman–Crippen MR) is 147 cm³/mol. The SMILES string of the molecule is C=CC(=O)OCC(F)(F)OC(F)(F)OC(F)(F)OC(F)(F)COc1ccc2cc(-c3ccc(CCCCC)cc3OC)c(=O)oc2c1. The third-order valence-electron chi connectivity index (χ3n) is 6.06. The molecule has 0 aliphatic rings. The minimum Gasteiger partial charge on any atom is -0.496 e. The van der Waals surface area contributed by atoms with Gasteiger partial charge in [0, 0.05) is 23.1 Å². The van der Waals surface area contributed by atoms with Crippen molar-refractivity contribution in [3.63, 3.8) is 0 Å².